The topological polar surface area (TPSA) is 148 Å². The lowest BCUT2D eigenvalue weighted by molar-refractivity contribution is -0.386. The van der Waals surface area contributed by atoms with E-state index in [4.69, 9.17) is 4.74 Å². The summed E-state index contributed by atoms with van der Waals surface area (Å²) in [5, 5.41) is 20.7. The predicted octanol–water partition coefficient (Wildman–Crippen LogP) is 2.22. The second-order valence-electron chi connectivity index (χ2n) is 6.28. The molecule has 2 aromatic carbocycles. The van der Waals surface area contributed by atoms with Crippen LogP contribution in [0.3, 0.4) is 0 Å². The maximum absolute atomic E-state index is 12.7. The summed E-state index contributed by atoms with van der Waals surface area (Å²) in [6, 6.07) is 8.79. The number of carboxylic acids is 1. The summed E-state index contributed by atoms with van der Waals surface area (Å²) in [5.74, 6) is -1.85. The molecule has 0 aliphatic carbocycles. The molecule has 0 unspecified atom stereocenters. The highest BCUT2D eigenvalue weighted by molar-refractivity contribution is 7.89. The Kier molecular flexibility index (Phi) is 5.62. The third-order valence-electron chi connectivity index (χ3n) is 4.47. The molecule has 152 valence electrons. The molecule has 1 aliphatic rings. The van der Waals surface area contributed by atoms with Crippen LogP contribution in [0.2, 0.25) is 0 Å². The zero-order valence-corrected chi connectivity index (χ0v) is 16.0. The van der Waals surface area contributed by atoms with Crippen LogP contribution in [0.25, 0.3) is 0 Å². The highest BCUT2D eigenvalue weighted by Crippen LogP contribution is 2.35. The van der Waals surface area contributed by atoms with Crippen molar-refractivity contribution in [3.63, 3.8) is 0 Å². The molecule has 0 fully saturated rings. The number of ether oxygens (including phenoxy) is 1. The highest BCUT2D eigenvalue weighted by Gasteiger charge is 2.31. The maximum atomic E-state index is 12.7. The van der Waals surface area contributed by atoms with Gasteiger partial charge in [-0.25, -0.2) is 8.42 Å². The number of nitrogens with zero attached hydrogens (tertiary/aromatic N) is 2. The van der Waals surface area contributed by atoms with Gasteiger partial charge in [0.05, 0.1) is 22.6 Å². The predicted molar refractivity (Wildman–Crippen MR) is 103 cm³/mol. The molecule has 0 saturated heterocycles. The number of hydrogen-bond donors (Lipinski definition) is 2. The van der Waals surface area contributed by atoms with Gasteiger partial charge < -0.3 is 9.84 Å². The third kappa shape index (κ3) is 4.25. The van der Waals surface area contributed by atoms with Gasteiger partial charge >= 0.3 is 11.7 Å². The van der Waals surface area contributed by atoms with Crippen molar-refractivity contribution >= 4 is 33.6 Å². The number of nitro groups is 1. The van der Waals surface area contributed by atoms with Gasteiger partial charge in [-0.15, -0.1) is 0 Å². The number of nitro benzene ring substituents is 1. The molecule has 0 spiro atoms. The van der Waals surface area contributed by atoms with E-state index in [0.717, 1.165) is 23.8 Å². The summed E-state index contributed by atoms with van der Waals surface area (Å²) in [7, 11) is -3.12. The number of sulfonamides is 1. The van der Waals surface area contributed by atoms with E-state index in [1.165, 1.54) is 7.11 Å². The van der Waals surface area contributed by atoms with Gasteiger partial charge in [-0.05, 0) is 30.2 Å². The lowest BCUT2D eigenvalue weighted by Gasteiger charge is -2.18. The largest absolute Gasteiger partial charge is 0.490 e. The average molecular weight is 419 g/mol. The summed E-state index contributed by atoms with van der Waals surface area (Å²) in [6.07, 6.45) is 1.51. The van der Waals surface area contributed by atoms with Crippen LogP contribution >= 0.6 is 0 Å². The van der Waals surface area contributed by atoms with E-state index in [1.807, 2.05) is 0 Å². The molecule has 10 nitrogen and oxygen atoms in total. The number of rotatable bonds is 8. The zero-order valence-electron chi connectivity index (χ0n) is 15.2. The Morgan fingerprint density at radius 2 is 2.07 bits per heavy atom. The Hall–Kier alpha value is -3.31. The molecular weight excluding hydrogens is 402 g/mol. The zero-order chi connectivity index (χ0) is 21.2. The second-order valence-corrected chi connectivity index (χ2v) is 8.00. The van der Waals surface area contributed by atoms with Gasteiger partial charge in [0.15, 0.2) is 5.75 Å². The van der Waals surface area contributed by atoms with E-state index in [9.17, 15) is 28.4 Å². The first-order valence-electron chi connectivity index (χ1n) is 8.43. The molecule has 29 heavy (non-hydrogen) atoms. The number of carbonyl (C=O) groups is 1. The van der Waals surface area contributed by atoms with Gasteiger partial charge in [-0.3, -0.25) is 19.9 Å². The van der Waals surface area contributed by atoms with Crippen LogP contribution in [0, 0.1) is 10.1 Å². The Bertz CT molecular complexity index is 1100. The van der Waals surface area contributed by atoms with Crippen LogP contribution in [0.1, 0.15) is 17.9 Å². The molecule has 0 amide bonds. The van der Waals surface area contributed by atoms with Crippen LogP contribution in [0.5, 0.6) is 5.75 Å². The van der Waals surface area contributed by atoms with E-state index < -0.39 is 37.5 Å². The summed E-state index contributed by atoms with van der Waals surface area (Å²) < 4.78 is 32.3. The van der Waals surface area contributed by atoms with E-state index >= 15 is 0 Å². The molecule has 3 rings (SSSR count). The maximum Gasteiger partial charge on any atom is 0.321 e. The molecule has 2 atom stereocenters. The number of benzene rings is 2. The van der Waals surface area contributed by atoms with Crippen molar-refractivity contribution < 1.29 is 28.0 Å². The van der Waals surface area contributed by atoms with Crippen LogP contribution in [0.4, 0.5) is 11.4 Å². The van der Waals surface area contributed by atoms with Crippen LogP contribution in [-0.2, 0) is 14.8 Å². The van der Waals surface area contributed by atoms with Gasteiger partial charge in [0.2, 0.25) is 10.0 Å². The molecule has 0 aromatic heterocycles. The van der Waals surface area contributed by atoms with Crippen LogP contribution in [0.15, 0.2) is 52.4 Å². The molecule has 2 aromatic rings. The fourth-order valence-electron chi connectivity index (χ4n) is 3.05. The highest BCUT2D eigenvalue weighted by atomic mass is 32.2. The number of hydrogen-bond acceptors (Lipinski definition) is 7. The Balaban J connectivity index is 1.85. The van der Waals surface area contributed by atoms with E-state index in [1.54, 1.807) is 30.5 Å². The number of aliphatic carboxylic acids is 1. The van der Waals surface area contributed by atoms with E-state index in [2.05, 4.69) is 9.71 Å². The molecular formula is C18H17N3O7S. The van der Waals surface area contributed by atoms with Crippen molar-refractivity contribution in [3.05, 3.63) is 58.1 Å². The first kappa shape index (κ1) is 20.4. The van der Waals surface area contributed by atoms with Gasteiger partial charge in [-0.1, -0.05) is 18.2 Å². The molecule has 0 radical (unpaired) electrons. The van der Waals surface area contributed by atoms with Crippen molar-refractivity contribution in [2.75, 3.05) is 7.11 Å². The molecule has 1 heterocycles. The lowest BCUT2D eigenvalue weighted by atomic mass is 9.94. The fraction of sp³-hybridized carbons (Fsp3) is 0.222. The van der Waals surface area contributed by atoms with Gasteiger partial charge in [-0.2, -0.15) is 4.72 Å². The minimum atomic E-state index is -4.34. The van der Waals surface area contributed by atoms with E-state index in [-0.39, 0.29) is 18.1 Å². The van der Waals surface area contributed by atoms with Crippen molar-refractivity contribution in [1.29, 1.82) is 0 Å². The number of nitrogens with one attached hydrogen (secondary N) is 1. The average Bonchev–Trinajstić information content (AvgIpc) is 3.09. The lowest BCUT2D eigenvalue weighted by Crippen LogP contribution is -2.41. The number of aliphatic imine (C=N–C) groups is 1. The SMILES string of the molecule is COc1ccc(S(=O)(=O)N[C@H](C[C@@H]2C=Nc3ccccc32)C(=O)O)cc1[N+](=O)[O-]. The summed E-state index contributed by atoms with van der Waals surface area (Å²) in [4.78, 5) is 25.8. The van der Waals surface area contributed by atoms with Gasteiger partial charge in [0, 0.05) is 18.2 Å². The van der Waals surface area contributed by atoms with Gasteiger partial charge in [0.25, 0.3) is 0 Å². The van der Waals surface area contributed by atoms with Crippen molar-refractivity contribution in [2.45, 2.75) is 23.3 Å². The quantitative estimate of drug-likeness (QED) is 0.492. The molecule has 1 aliphatic heterocycles. The smallest absolute Gasteiger partial charge is 0.321 e. The Morgan fingerprint density at radius 1 is 1.34 bits per heavy atom. The third-order valence-corrected chi connectivity index (χ3v) is 5.94. The first-order chi connectivity index (χ1) is 13.7. The Morgan fingerprint density at radius 3 is 2.72 bits per heavy atom. The summed E-state index contributed by atoms with van der Waals surface area (Å²) in [5.41, 5.74) is 0.965. The van der Waals surface area contributed by atoms with Crippen molar-refractivity contribution in [2.24, 2.45) is 4.99 Å². The van der Waals surface area contributed by atoms with Crippen molar-refractivity contribution in [3.8, 4) is 5.75 Å². The molecule has 11 heteroatoms. The molecule has 2 N–H and O–H groups in total. The van der Waals surface area contributed by atoms with Gasteiger partial charge in [0.1, 0.15) is 6.04 Å². The fourth-order valence-corrected chi connectivity index (χ4v) is 4.27. The molecule has 0 bridgehead atoms. The van der Waals surface area contributed by atoms with Crippen LogP contribution in [-0.4, -0.2) is 43.8 Å². The second kappa shape index (κ2) is 7.97. The Labute approximate surface area is 166 Å². The number of carboxylic acid groups (broad SMARTS) is 1. The number of methoxy groups -OCH3 is 1. The van der Waals surface area contributed by atoms with E-state index in [0.29, 0.717) is 5.69 Å². The minimum Gasteiger partial charge on any atom is -0.490 e. The summed E-state index contributed by atoms with van der Waals surface area (Å²) >= 11 is 0. The summed E-state index contributed by atoms with van der Waals surface area (Å²) in [6.45, 7) is 0. The normalized spacial score (nSPS) is 16.2. The number of para-hydroxylation sites is 1. The molecule has 0 saturated carbocycles. The standard InChI is InChI=1S/C18H17N3O7S/c1-28-17-7-6-12(9-16(17)21(24)25)29(26,27)20-15(18(22)23)8-11-10-19-14-5-3-2-4-13(11)14/h2-7,9-11,15,20H,8H2,1H3,(H,22,23)/t11-,15-/m1/s1. The first-order valence-corrected chi connectivity index (χ1v) is 9.92. The van der Waals surface area contributed by atoms with Crippen LogP contribution < -0.4 is 9.46 Å². The number of fused-ring (bicyclic) bond motifs is 1. The monoisotopic (exact) mass is 419 g/mol. The minimum absolute atomic E-state index is 0.0622. The van der Waals surface area contributed by atoms with Crippen molar-refractivity contribution in [1.82, 2.24) is 4.72 Å².